The molecule has 1 atom stereocenters. The van der Waals surface area contributed by atoms with Gasteiger partial charge in [-0.1, -0.05) is 12.1 Å². The Hall–Kier alpha value is -4.85. The monoisotopic (exact) mass is 630 g/mol. The number of nitrogens with one attached hydrogen (secondary N) is 1. The maximum absolute atomic E-state index is 13.6. The van der Waals surface area contributed by atoms with Gasteiger partial charge < -0.3 is 24.5 Å². The highest BCUT2D eigenvalue weighted by atomic mass is 31.2. The van der Waals surface area contributed by atoms with Gasteiger partial charge in [0, 0.05) is 24.3 Å². The first-order valence-corrected chi connectivity index (χ1v) is 14.4. The third kappa shape index (κ3) is 10.8. The molecule has 0 radical (unpaired) electrons. The van der Waals surface area contributed by atoms with Crippen LogP contribution < -0.4 is 14.9 Å². The average Bonchev–Trinajstić information content (AvgIpc) is 2.95. The van der Waals surface area contributed by atoms with Crippen molar-refractivity contribution in [1.82, 2.24) is 5.32 Å². The molecule has 1 N–H and O–H groups in total. The summed E-state index contributed by atoms with van der Waals surface area (Å²) in [6, 6.07) is 14.9. The molecule has 15 nitrogen and oxygen atoms in total. The number of benzene rings is 3. The molecule has 44 heavy (non-hydrogen) atoms. The summed E-state index contributed by atoms with van der Waals surface area (Å²) in [5, 5.41) is 35.7. The van der Waals surface area contributed by atoms with Gasteiger partial charge in [-0.05, 0) is 80.3 Å². The van der Waals surface area contributed by atoms with E-state index in [1.54, 1.807) is 20.8 Å². The SMILES string of the molecule is CC(C)(C)OC(=O)NC(Cc1ccc(OP(=O)(OCc2ccc([N+](=O)[O-])cc2)OCc2ccc([N+](=O)[O-])cc2)cc1)C(=O)[O-]. The molecule has 0 fully saturated rings. The van der Waals surface area contributed by atoms with Crippen molar-refractivity contribution < 1.29 is 47.4 Å². The first kappa shape index (κ1) is 33.6. The number of amides is 1. The molecule has 234 valence electrons. The van der Waals surface area contributed by atoms with E-state index in [1.165, 1.54) is 72.8 Å². The first-order chi connectivity index (χ1) is 20.6. The first-order valence-electron chi connectivity index (χ1n) is 13.0. The molecule has 0 saturated heterocycles. The van der Waals surface area contributed by atoms with Gasteiger partial charge in [0.15, 0.2) is 0 Å². The van der Waals surface area contributed by atoms with Gasteiger partial charge in [-0.2, -0.15) is 0 Å². The van der Waals surface area contributed by atoms with Gasteiger partial charge in [0.05, 0.1) is 35.1 Å². The number of carbonyl (C=O) groups excluding carboxylic acids is 2. The normalized spacial score (nSPS) is 12.2. The lowest BCUT2D eigenvalue weighted by Crippen LogP contribution is -2.50. The van der Waals surface area contributed by atoms with Crippen molar-refractivity contribution >= 4 is 31.3 Å². The van der Waals surface area contributed by atoms with Gasteiger partial charge in [-0.3, -0.25) is 29.3 Å². The second-order valence-electron chi connectivity index (χ2n) is 10.3. The predicted octanol–water partition coefficient (Wildman–Crippen LogP) is 4.61. The minimum absolute atomic E-state index is 0.0228. The van der Waals surface area contributed by atoms with E-state index in [1.807, 2.05) is 0 Å². The molecular formula is C28H29N3O12P-. The van der Waals surface area contributed by atoms with E-state index < -0.39 is 41.4 Å². The smallest absolute Gasteiger partial charge is 0.530 e. The summed E-state index contributed by atoms with van der Waals surface area (Å²) < 4.78 is 35.3. The lowest BCUT2D eigenvalue weighted by molar-refractivity contribution is -0.385. The van der Waals surface area contributed by atoms with E-state index in [-0.39, 0.29) is 36.8 Å². The Balaban J connectivity index is 1.73. The Kier molecular flexibility index (Phi) is 11.1. The highest BCUT2D eigenvalue weighted by Gasteiger charge is 2.30. The molecule has 3 rings (SSSR count). The number of nitro groups is 2. The van der Waals surface area contributed by atoms with Crippen molar-refractivity contribution in [2.45, 2.75) is 52.0 Å². The van der Waals surface area contributed by atoms with E-state index in [2.05, 4.69) is 5.32 Å². The van der Waals surface area contributed by atoms with E-state index in [0.717, 1.165) is 0 Å². The lowest BCUT2D eigenvalue weighted by Gasteiger charge is -2.24. The summed E-state index contributed by atoms with van der Waals surface area (Å²) in [4.78, 5) is 44.3. The number of alkyl carbamates (subject to hydrolysis) is 1. The van der Waals surface area contributed by atoms with Crippen molar-refractivity contribution in [2.24, 2.45) is 0 Å². The maximum atomic E-state index is 13.6. The van der Waals surface area contributed by atoms with E-state index in [4.69, 9.17) is 18.3 Å². The summed E-state index contributed by atoms with van der Waals surface area (Å²) >= 11 is 0. The fourth-order valence-electron chi connectivity index (χ4n) is 3.52. The van der Waals surface area contributed by atoms with Crippen molar-refractivity contribution in [3.63, 3.8) is 0 Å². The van der Waals surface area contributed by atoms with Crippen LogP contribution in [-0.2, 0) is 42.8 Å². The van der Waals surface area contributed by atoms with Crippen molar-refractivity contribution in [1.29, 1.82) is 0 Å². The van der Waals surface area contributed by atoms with Crippen LogP contribution in [0.15, 0.2) is 72.8 Å². The fourth-order valence-corrected chi connectivity index (χ4v) is 4.69. The van der Waals surface area contributed by atoms with Gasteiger partial charge in [0.2, 0.25) is 0 Å². The van der Waals surface area contributed by atoms with Gasteiger partial charge in [-0.25, -0.2) is 9.36 Å². The number of non-ortho nitro benzene ring substituents is 2. The fraction of sp³-hybridized carbons (Fsp3) is 0.286. The molecule has 1 unspecified atom stereocenters. The molecule has 0 aliphatic heterocycles. The van der Waals surface area contributed by atoms with Crippen LogP contribution in [0.2, 0.25) is 0 Å². The number of carboxylic acid groups (broad SMARTS) is 1. The van der Waals surface area contributed by atoms with Crippen LogP contribution in [-0.4, -0.2) is 33.6 Å². The second kappa shape index (κ2) is 14.6. The van der Waals surface area contributed by atoms with Crippen molar-refractivity contribution in [3.05, 3.63) is 110 Å². The molecular weight excluding hydrogens is 601 g/mol. The maximum Gasteiger partial charge on any atom is 0.530 e. The van der Waals surface area contributed by atoms with Crippen LogP contribution in [0, 0.1) is 20.2 Å². The topological polar surface area (TPSA) is 210 Å². The summed E-state index contributed by atoms with van der Waals surface area (Å²) in [5.74, 6) is -1.51. The van der Waals surface area contributed by atoms with Crippen molar-refractivity contribution in [3.8, 4) is 5.75 Å². The zero-order chi connectivity index (χ0) is 32.5. The highest BCUT2D eigenvalue weighted by Crippen LogP contribution is 2.51. The third-order valence-electron chi connectivity index (χ3n) is 5.63. The molecule has 3 aromatic rings. The van der Waals surface area contributed by atoms with E-state index in [0.29, 0.717) is 16.7 Å². The number of nitro benzene ring substituents is 2. The van der Waals surface area contributed by atoms with Crippen LogP contribution in [0.25, 0.3) is 0 Å². The largest absolute Gasteiger partial charge is 0.548 e. The molecule has 3 aromatic carbocycles. The number of carboxylic acids is 1. The quantitative estimate of drug-likeness (QED) is 0.147. The number of aliphatic carboxylic acids is 1. The molecule has 0 aliphatic rings. The van der Waals surface area contributed by atoms with Crippen LogP contribution >= 0.6 is 7.82 Å². The minimum Gasteiger partial charge on any atom is -0.548 e. The Bertz CT molecular complexity index is 1460. The highest BCUT2D eigenvalue weighted by molar-refractivity contribution is 7.48. The molecule has 0 aliphatic carbocycles. The average molecular weight is 631 g/mol. The lowest BCUT2D eigenvalue weighted by atomic mass is 10.1. The Labute approximate surface area is 251 Å². The van der Waals surface area contributed by atoms with Crippen LogP contribution in [0.5, 0.6) is 5.75 Å². The molecule has 0 saturated carbocycles. The number of phosphoric ester groups is 1. The molecule has 0 aromatic heterocycles. The van der Waals surface area contributed by atoms with Gasteiger partial charge >= 0.3 is 13.9 Å². The number of rotatable bonds is 14. The number of ether oxygens (including phenoxy) is 1. The van der Waals surface area contributed by atoms with Gasteiger partial charge in [0.1, 0.15) is 11.4 Å². The van der Waals surface area contributed by atoms with Crippen LogP contribution in [0.4, 0.5) is 16.2 Å². The molecule has 0 spiro atoms. The number of carbonyl (C=O) groups is 2. The Morgan fingerprint density at radius 1 is 0.795 bits per heavy atom. The zero-order valence-corrected chi connectivity index (χ0v) is 24.8. The molecule has 0 bridgehead atoms. The number of nitrogens with zero attached hydrogens (tertiary/aromatic N) is 2. The van der Waals surface area contributed by atoms with Crippen molar-refractivity contribution in [2.75, 3.05) is 0 Å². The molecule has 1 amide bonds. The molecule has 16 heteroatoms. The molecule has 0 heterocycles. The summed E-state index contributed by atoms with van der Waals surface area (Å²) in [5.41, 5.74) is 0.180. The minimum atomic E-state index is -4.38. The Morgan fingerprint density at radius 2 is 1.23 bits per heavy atom. The number of hydrogen-bond donors (Lipinski definition) is 1. The standard InChI is InChI=1S/C28H30N3O12P/c1-28(2,3)42-27(34)29-25(26(32)33)16-19-8-14-24(15-9-19)43-44(39,40-17-20-4-10-22(11-5-20)30(35)36)41-18-21-6-12-23(13-7-21)31(37)38/h4-15,25H,16-18H2,1-3H3,(H,29,34)(H,32,33)/p-1. The van der Waals surface area contributed by atoms with Crippen LogP contribution in [0.3, 0.4) is 0 Å². The summed E-state index contributed by atoms with van der Waals surface area (Å²) in [6.45, 7) is 4.27. The zero-order valence-electron chi connectivity index (χ0n) is 23.9. The second-order valence-corrected chi connectivity index (χ2v) is 11.9. The predicted molar refractivity (Wildman–Crippen MR) is 152 cm³/mol. The van der Waals surface area contributed by atoms with Crippen LogP contribution in [0.1, 0.15) is 37.5 Å². The Morgan fingerprint density at radius 3 is 1.61 bits per heavy atom. The third-order valence-corrected chi connectivity index (χ3v) is 6.95. The summed E-state index contributed by atoms with van der Waals surface area (Å²) in [7, 11) is -4.38. The summed E-state index contributed by atoms with van der Waals surface area (Å²) in [6.07, 6.45) is -1.09. The number of phosphoric acid groups is 1. The van der Waals surface area contributed by atoms with E-state index in [9.17, 15) is 39.5 Å². The number of hydrogen-bond acceptors (Lipinski definition) is 12. The van der Waals surface area contributed by atoms with Gasteiger partial charge in [-0.15, -0.1) is 0 Å². The van der Waals surface area contributed by atoms with E-state index >= 15 is 0 Å². The van der Waals surface area contributed by atoms with Gasteiger partial charge in [0.25, 0.3) is 11.4 Å².